The van der Waals surface area contributed by atoms with Crippen molar-refractivity contribution in [2.75, 3.05) is 9.91 Å². The fraction of sp³-hybridized carbons (Fsp3) is 0.312. The fourth-order valence-electron chi connectivity index (χ4n) is 2.71. The van der Waals surface area contributed by atoms with E-state index in [0.29, 0.717) is 0 Å². The highest BCUT2D eigenvalue weighted by atomic mass is 127. The van der Waals surface area contributed by atoms with Crippen molar-refractivity contribution in [2.24, 2.45) is 5.84 Å². The summed E-state index contributed by atoms with van der Waals surface area (Å²) in [5, 5.41) is 1.77. The Kier molecular flexibility index (Phi) is 3.57. The van der Waals surface area contributed by atoms with Gasteiger partial charge >= 0.3 is 0 Å². The molecule has 0 fully saturated rings. The smallest absolute Gasteiger partial charge is 0.118 e. The van der Waals surface area contributed by atoms with Crippen LogP contribution in [0.2, 0.25) is 0 Å². The van der Waals surface area contributed by atoms with E-state index in [4.69, 9.17) is 5.84 Å². The van der Waals surface area contributed by atoms with Crippen LogP contribution >= 0.6 is 22.6 Å². The highest BCUT2D eigenvalue weighted by Gasteiger charge is 2.33. The number of halogens is 1. The van der Waals surface area contributed by atoms with E-state index in [1.165, 1.54) is 11.3 Å². The van der Waals surface area contributed by atoms with Crippen molar-refractivity contribution in [3.8, 4) is 0 Å². The van der Waals surface area contributed by atoms with Crippen LogP contribution in [-0.4, -0.2) is 14.6 Å². The van der Waals surface area contributed by atoms with Crippen molar-refractivity contribution in [1.29, 1.82) is 0 Å². The number of nitrogens with zero attached hydrogens (tertiary/aromatic N) is 3. The molecular formula is C16H19IN4. The predicted octanol–water partition coefficient (Wildman–Crippen LogP) is 3.52. The summed E-state index contributed by atoms with van der Waals surface area (Å²) in [5.74, 6) is 6.21. The molecule has 1 aromatic heterocycles. The number of alkyl halides is 1. The molecule has 1 aromatic rings. The average molecular weight is 394 g/mol. The van der Waals surface area contributed by atoms with Crippen molar-refractivity contribution < 1.29 is 0 Å². The SMILES string of the molecule is CC1=C(N2c3ccncc3N(N)C2C)C=CC(C)(I)C=C1. The Morgan fingerprint density at radius 3 is 2.76 bits per heavy atom. The topological polar surface area (TPSA) is 45.4 Å². The van der Waals surface area contributed by atoms with Crippen molar-refractivity contribution in [2.45, 2.75) is 30.4 Å². The van der Waals surface area contributed by atoms with E-state index in [1.807, 2.05) is 18.5 Å². The van der Waals surface area contributed by atoms with E-state index < -0.39 is 0 Å². The summed E-state index contributed by atoms with van der Waals surface area (Å²) in [5.41, 5.74) is 4.48. The first-order valence-corrected chi connectivity index (χ1v) is 8.04. The Morgan fingerprint density at radius 2 is 2.00 bits per heavy atom. The second-order valence-corrected chi connectivity index (χ2v) is 7.98. The van der Waals surface area contributed by atoms with Crippen molar-refractivity contribution in [1.82, 2.24) is 4.98 Å². The van der Waals surface area contributed by atoms with Crippen LogP contribution < -0.4 is 15.8 Å². The molecule has 2 atom stereocenters. The van der Waals surface area contributed by atoms with Gasteiger partial charge in [0.15, 0.2) is 0 Å². The van der Waals surface area contributed by atoms with E-state index in [2.05, 4.69) is 77.6 Å². The summed E-state index contributed by atoms with van der Waals surface area (Å²) >= 11 is 2.44. The first-order valence-electron chi connectivity index (χ1n) is 6.96. The molecule has 5 heteroatoms. The molecule has 1 aliphatic heterocycles. The molecule has 1 aliphatic carbocycles. The second kappa shape index (κ2) is 5.14. The summed E-state index contributed by atoms with van der Waals surface area (Å²) in [6.45, 7) is 6.43. The standard InChI is InChI=1S/C16H19IN4/c1-11-4-7-16(3,17)8-5-13(11)20-12(2)21(18)15-10-19-9-6-14(15)20/h4-10,12H,18H2,1-3H3. The van der Waals surface area contributed by atoms with Crippen LogP contribution in [0.3, 0.4) is 0 Å². The third kappa shape index (κ3) is 2.48. The maximum Gasteiger partial charge on any atom is 0.118 e. The minimum Gasteiger partial charge on any atom is -0.317 e. The normalized spacial score (nSPS) is 28.1. The molecular weight excluding hydrogens is 375 g/mol. The van der Waals surface area contributed by atoms with Gasteiger partial charge in [-0.15, -0.1) is 0 Å². The molecule has 0 bridgehead atoms. The lowest BCUT2D eigenvalue weighted by atomic mass is 10.1. The fourth-order valence-corrected chi connectivity index (χ4v) is 3.07. The van der Waals surface area contributed by atoms with Crippen molar-refractivity contribution in [3.63, 3.8) is 0 Å². The lowest BCUT2D eigenvalue weighted by molar-refractivity contribution is 0.682. The van der Waals surface area contributed by atoms with Gasteiger partial charge in [0.05, 0.1) is 21.0 Å². The Morgan fingerprint density at radius 1 is 1.29 bits per heavy atom. The zero-order valence-electron chi connectivity index (χ0n) is 12.4. The number of anilines is 2. The maximum atomic E-state index is 6.21. The van der Waals surface area contributed by atoms with Gasteiger partial charge in [-0.3, -0.25) is 9.99 Å². The first kappa shape index (κ1) is 14.6. The highest BCUT2D eigenvalue weighted by Crippen LogP contribution is 2.41. The van der Waals surface area contributed by atoms with E-state index in [-0.39, 0.29) is 9.59 Å². The Hall–Kier alpha value is -1.34. The van der Waals surface area contributed by atoms with Crippen LogP contribution in [0.1, 0.15) is 20.8 Å². The minimum absolute atomic E-state index is 0.0349. The molecule has 0 saturated carbocycles. The summed E-state index contributed by atoms with van der Waals surface area (Å²) in [6.07, 6.45) is 12.5. The molecule has 2 aliphatic rings. The van der Waals surface area contributed by atoms with Gasteiger partial charge in [-0.1, -0.05) is 40.8 Å². The predicted molar refractivity (Wildman–Crippen MR) is 96.2 cm³/mol. The van der Waals surface area contributed by atoms with E-state index in [1.54, 1.807) is 5.01 Å². The van der Waals surface area contributed by atoms with Crippen LogP contribution in [0.25, 0.3) is 0 Å². The van der Waals surface area contributed by atoms with Crippen LogP contribution in [0.5, 0.6) is 0 Å². The number of hydrogen-bond acceptors (Lipinski definition) is 4. The Labute approximate surface area is 139 Å². The Balaban J connectivity index is 2.11. The Bertz CT molecular complexity index is 660. The van der Waals surface area contributed by atoms with Crippen molar-refractivity contribution in [3.05, 3.63) is 54.0 Å². The summed E-state index contributed by atoms with van der Waals surface area (Å²) in [4.78, 5) is 6.45. The molecule has 0 radical (unpaired) electrons. The minimum atomic E-state index is 0.0349. The van der Waals surface area contributed by atoms with Crippen LogP contribution in [0, 0.1) is 0 Å². The van der Waals surface area contributed by atoms with Gasteiger partial charge in [-0.2, -0.15) is 0 Å². The molecule has 2 heterocycles. The van der Waals surface area contributed by atoms with Crippen LogP contribution in [-0.2, 0) is 0 Å². The summed E-state index contributed by atoms with van der Waals surface area (Å²) < 4.78 is 0.0349. The van der Waals surface area contributed by atoms with E-state index in [9.17, 15) is 0 Å². The molecule has 0 saturated heterocycles. The monoisotopic (exact) mass is 394 g/mol. The quantitative estimate of drug-likeness (QED) is 0.450. The number of rotatable bonds is 1. The molecule has 0 amide bonds. The average Bonchev–Trinajstić information content (AvgIpc) is 2.62. The molecule has 2 unspecified atom stereocenters. The van der Waals surface area contributed by atoms with Gasteiger partial charge in [0.25, 0.3) is 0 Å². The van der Waals surface area contributed by atoms with E-state index in [0.717, 1.165) is 11.4 Å². The molecule has 0 aromatic carbocycles. The molecule has 2 N–H and O–H groups in total. The zero-order valence-corrected chi connectivity index (χ0v) is 14.6. The second-order valence-electron chi connectivity index (χ2n) is 5.66. The molecule has 3 rings (SSSR count). The first-order chi connectivity index (χ1) is 9.91. The number of aromatic nitrogens is 1. The third-order valence-electron chi connectivity index (χ3n) is 3.98. The molecule has 4 nitrogen and oxygen atoms in total. The number of fused-ring (bicyclic) bond motifs is 1. The maximum absolute atomic E-state index is 6.21. The van der Waals surface area contributed by atoms with Gasteiger partial charge in [0, 0.05) is 11.9 Å². The summed E-state index contributed by atoms with van der Waals surface area (Å²) in [7, 11) is 0. The molecule has 110 valence electrons. The lowest BCUT2D eigenvalue weighted by Gasteiger charge is -2.29. The summed E-state index contributed by atoms with van der Waals surface area (Å²) in [6, 6.07) is 2.02. The van der Waals surface area contributed by atoms with Gasteiger partial charge in [0.2, 0.25) is 0 Å². The molecule has 0 spiro atoms. The number of allylic oxidation sites excluding steroid dienone is 5. The van der Waals surface area contributed by atoms with Gasteiger partial charge < -0.3 is 4.90 Å². The highest BCUT2D eigenvalue weighted by molar-refractivity contribution is 14.1. The number of nitrogens with two attached hydrogens (primary N) is 1. The number of pyridine rings is 1. The van der Waals surface area contributed by atoms with Crippen LogP contribution in [0.4, 0.5) is 11.4 Å². The van der Waals surface area contributed by atoms with E-state index >= 15 is 0 Å². The van der Waals surface area contributed by atoms with Crippen LogP contribution in [0.15, 0.2) is 54.0 Å². The number of hydrazine groups is 1. The van der Waals surface area contributed by atoms with Gasteiger partial charge in [-0.05, 0) is 38.5 Å². The van der Waals surface area contributed by atoms with Gasteiger partial charge in [0.1, 0.15) is 6.17 Å². The third-order valence-corrected chi connectivity index (χ3v) is 4.70. The molecule has 21 heavy (non-hydrogen) atoms. The van der Waals surface area contributed by atoms with Gasteiger partial charge in [-0.25, -0.2) is 5.84 Å². The zero-order chi connectivity index (χ0) is 15.2. The van der Waals surface area contributed by atoms with Crippen molar-refractivity contribution >= 4 is 34.0 Å². The lowest BCUT2D eigenvalue weighted by Crippen LogP contribution is -2.44. The number of hydrogen-bond donors (Lipinski definition) is 1. The largest absolute Gasteiger partial charge is 0.317 e.